The number of nitrogens with one attached hydrogen (secondary N) is 2. The molecule has 1 aromatic rings. The molecular formula is C21H39IN6O2. The Kier molecular flexibility index (Phi) is 12.6. The van der Waals surface area contributed by atoms with Crippen molar-refractivity contribution in [3.8, 4) is 0 Å². The summed E-state index contributed by atoms with van der Waals surface area (Å²) in [6.45, 7) is 9.02. The highest BCUT2D eigenvalue weighted by atomic mass is 127. The van der Waals surface area contributed by atoms with Gasteiger partial charge in [-0.3, -0.25) is 4.99 Å². The molecule has 0 amide bonds. The second kappa shape index (κ2) is 15.0. The van der Waals surface area contributed by atoms with Gasteiger partial charge in [0.1, 0.15) is 11.6 Å². The van der Waals surface area contributed by atoms with Crippen LogP contribution in [0.3, 0.4) is 0 Å². The molecular weight excluding hydrogens is 495 g/mol. The molecule has 172 valence electrons. The highest BCUT2D eigenvalue weighted by Crippen LogP contribution is 2.15. The van der Waals surface area contributed by atoms with Crippen LogP contribution < -0.4 is 10.6 Å². The van der Waals surface area contributed by atoms with E-state index in [1.165, 1.54) is 25.1 Å². The molecule has 30 heavy (non-hydrogen) atoms. The Morgan fingerprint density at radius 1 is 1.23 bits per heavy atom. The standard InChI is InChI=1S/C21H38N6O2.HI/c1-2-22-21(24-12-7-14-28-16-18-10-15-29-17-18)23-11-6-9-20-26-25-19-8-4-3-5-13-27(19)20;/h18H,2-17H2,1H3,(H2,22,23,24);1H. The van der Waals surface area contributed by atoms with Crippen molar-refractivity contribution in [3.05, 3.63) is 11.6 Å². The molecule has 8 nitrogen and oxygen atoms in total. The summed E-state index contributed by atoms with van der Waals surface area (Å²) in [4.78, 5) is 4.70. The van der Waals surface area contributed by atoms with E-state index in [1.54, 1.807) is 0 Å². The summed E-state index contributed by atoms with van der Waals surface area (Å²) in [7, 11) is 0. The molecule has 1 unspecified atom stereocenters. The minimum absolute atomic E-state index is 0. The lowest BCUT2D eigenvalue weighted by Crippen LogP contribution is -2.38. The predicted octanol–water partition coefficient (Wildman–Crippen LogP) is 2.55. The minimum atomic E-state index is 0. The van der Waals surface area contributed by atoms with Gasteiger partial charge in [-0.05, 0) is 39.0 Å². The smallest absolute Gasteiger partial charge is 0.191 e. The van der Waals surface area contributed by atoms with Gasteiger partial charge in [0.2, 0.25) is 0 Å². The predicted molar refractivity (Wildman–Crippen MR) is 130 cm³/mol. The number of aliphatic imine (C=N–C) groups is 1. The summed E-state index contributed by atoms with van der Waals surface area (Å²) in [6, 6.07) is 0. The molecule has 0 spiro atoms. The Bertz CT molecular complexity index is 619. The van der Waals surface area contributed by atoms with E-state index in [1.807, 2.05) is 0 Å². The quantitative estimate of drug-likeness (QED) is 0.197. The maximum absolute atomic E-state index is 5.76. The largest absolute Gasteiger partial charge is 0.381 e. The summed E-state index contributed by atoms with van der Waals surface area (Å²) in [5, 5.41) is 15.5. The van der Waals surface area contributed by atoms with Crippen LogP contribution in [-0.4, -0.2) is 66.8 Å². The molecule has 1 aromatic heterocycles. The van der Waals surface area contributed by atoms with E-state index in [0.29, 0.717) is 5.92 Å². The van der Waals surface area contributed by atoms with Crippen LogP contribution >= 0.6 is 24.0 Å². The third-order valence-corrected chi connectivity index (χ3v) is 5.49. The van der Waals surface area contributed by atoms with Gasteiger partial charge in [-0.15, -0.1) is 34.2 Å². The molecule has 1 atom stereocenters. The number of aromatic nitrogens is 3. The molecule has 2 aliphatic rings. The first-order valence-electron chi connectivity index (χ1n) is 11.5. The van der Waals surface area contributed by atoms with Crippen molar-refractivity contribution in [1.29, 1.82) is 0 Å². The molecule has 0 radical (unpaired) electrons. The third-order valence-electron chi connectivity index (χ3n) is 5.49. The molecule has 3 rings (SSSR count). The number of aryl methyl sites for hydroxylation is 2. The molecule has 0 saturated carbocycles. The first-order valence-corrected chi connectivity index (χ1v) is 11.5. The van der Waals surface area contributed by atoms with Crippen LogP contribution in [0.2, 0.25) is 0 Å². The zero-order chi connectivity index (χ0) is 20.2. The van der Waals surface area contributed by atoms with Crippen LogP contribution in [0, 0.1) is 5.92 Å². The van der Waals surface area contributed by atoms with E-state index >= 15 is 0 Å². The molecule has 9 heteroatoms. The van der Waals surface area contributed by atoms with Crippen molar-refractivity contribution in [2.24, 2.45) is 10.9 Å². The number of halogens is 1. The van der Waals surface area contributed by atoms with Crippen LogP contribution in [0.25, 0.3) is 0 Å². The molecule has 3 heterocycles. The van der Waals surface area contributed by atoms with Crippen molar-refractivity contribution in [1.82, 2.24) is 25.4 Å². The SMILES string of the molecule is CCNC(=NCCCc1nnc2n1CCCCC2)NCCCOCC1CCOC1.I. The number of ether oxygens (including phenoxy) is 2. The van der Waals surface area contributed by atoms with Gasteiger partial charge in [-0.25, -0.2) is 0 Å². The normalized spacial score (nSPS) is 19.1. The molecule has 0 aliphatic carbocycles. The van der Waals surface area contributed by atoms with E-state index in [9.17, 15) is 0 Å². The van der Waals surface area contributed by atoms with Crippen LogP contribution in [0.15, 0.2) is 4.99 Å². The van der Waals surface area contributed by atoms with Gasteiger partial charge < -0.3 is 24.7 Å². The van der Waals surface area contributed by atoms with Gasteiger partial charge in [0.25, 0.3) is 0 Å². The molecule has 2 aliphatic heterocycles. The number of fused-ring (bicyclic) bond motifs is 1. The average Bonchev–Trinajstić information content (AvgIpc) is 3.32. The van der Waals surface area contributed by atoms with Gasteiger partial charge in [-0.2, -0.15) is 0 Å². The van der Waals surface area contributed by atoms with Gasteiger partial charge >= 0.3 is 0 Å². The second-order valence-corrected chi connectivity index (χ2v) is 7.94. The van der Waals surface area contributed by atoms with Crippen molar-refractivity contribution >= 4 is 29.9 Å². The number of hydrogen-bond donors (Lipinski definition) is 2. The lowest BCUT2D eigenvalue weighted by atomic mass is 10.1. The first-order chi connectivity index (χ1) is 14.4. The zero-order valence-corrected chi connectivity index (χ0v) is 20.7. The van der Waals surface area contributed by atoms with Gasteiger partial charge in [0, 0.05) is 58.2 Å². The first kappa shape index (κ1) is 25.3. The van der Waals surface area contributed by atoms with Crippen LogP contribution in [0.5, 0.6) is 0 Å². The van der Waals surface area contributed by atoms with E-state index in [2.05, 4.69) is 32.3 Å². The lowest BCUT2D eigenvalue weighted by Gasteiger charge is -2.12. The molecule has 0 aromatic carbocycles. The number of rotatable bonds is 11. The van der Waals surface area contributed by atoms with Crippen LogP contribution in [-0.2, 0) is 28.9 Å². The zero-order valence-electron chi connectivity index (χ0n) is 18.4. The Morgan fingerprint density at radius 2 is 2.17 bits per heavy atom. The van der Waals surface area contributed by atoms with Crippen molar-refractivity contribution in [2.45, 2.75) is 64.8 Å². The van der Waals surface area contributed by atoms with E-state index in [0.717, 1.165) is 96.5 Å². The van der Waals surface area contributed by atoms with Gasteiger partial charge in [0.15, 0.2) is 5.96 Å². The van der Waals surface area contributed by atoms with Crippen molar-refractivity contribution in [2.75, 3.05) is 46.1 Å². The summed E-state index contributed by atoms with van der Waals surface area (Å²) < 4.78 is 13.5. The van der Waals surface area contributed by atoms with Gasteiger partial charge in [0.05, 0.1) is 13.2 Å². The fourth-order valence-electron chi connectivity index (χ4n) is 3.85. The maximum Gasteiger partial charge on any atom is 0.191 e. The summed E-state index contributed by atoms with van der Waals surface area (Å²) in [5.74, 6) is 3.76. The molecule has 2 N–H and O–H groups in total. The molecule has 0 bridgehead atoms. The van der Waals surface area contributed by atoms with Crippen LogP contribution in [0.1, 0.15) is 57.1 Å². The van der Waals surface area contributed by atoms with Crippen molar-refractivity contribution in [3.63, 3.8) is 0 Å². The van der Waals surface area contributed by atoms with Gasteiger partial charge in [-0.1, -0.05) is 6.42 Å². The minimum Gasteiger partial charge on any atom is -0.381 e. The fraction of sp³-hybridized carbons (Fsp3) is 0.857. The van der Waals surface area contributed by atoms with Crippen LogP contribution in [0.4, 0.5) is 0 Å². The lowest BCUT2D eigenvalue weighted by molar-refractivity contribution is 0.0888. The second-order valence-electron chi connectivity index (χ2n) is 7.94. The summed E-state index contributed by atoms with van der Waals surface area (Å²) >= 11 is 0. The average molecular weight is 534 g/mol. The number of hydrogen-bond acceptors (Lipinski definition) is 5. The van der Waals surface area contributed by atoms with E-state index in [4.69, 9.17) is 14.5 Å². The summed E-state index contributed by atoms with van der Waals surface area (Å²) in [5.41, 5.74) is 0. The molecule has 1 fully saturated rings. The van der Waals surface area contributed by atoms with Crippen molar-refractivity contribution < 1.29 is 9.47 Å². The number of nitrogens with zero attached hydrogens (tertiary/aromatic N) is 4. The van der Waals surface area contributed by atoms with E-state index in [-0.39, 0.29) is 24.0 Å². The molecule has 1 saturated heterocycles. The maximum atomic E-state index is 5.76. The Balaban J connectivity index is 0.00000320. The topological polar surface area (TPSA) is 85.6 Å². The monoisotopic (exact) mass is 534 g/mol. The Hall–Kier alpha value is -0.940. The highest BCUT2D eigenvalue weighted by molar-refractivity contribution is 14.0. The Labute approximate surface area is 198 Å². The highest BCUT2D eigenvalue weighted by Gasteiger charge is 2.15. The summed E-state index contributed by atoms with van der Waals surface area (Å²) in [6.07, 6.45) is 8.87. The van der Waals surface area contributed by atoms with E-state index < -0.39 is 0 Å². The third kappa shape index (κ3) is 8.66. The fourth-order valence-corrected chi connectivity index (χ4v) is 3.85. The Morgan fingerprint density at radius 3 is 3.00 bits per heavy atom. The number of guanidine groups is 1.